The fraction of sp³-hybridized carbons (Fsp3) is 0.263. The number of furan rings is 1. The van der Waals surface area contributed by atoms with Crippen molar-refractivity contribution in [1.82, 2.24) is 8.87 Å². The van der Waals surface area contributed by atoms with Gasteiger partial charge < -0.3 is 14.9 Å². The van der Waals surface area contributed by atoms with Crippen molar-refractivity contribution in [2.45, 2.75) is 24.1 Å². The lowest BCUT2D eigenvalue weighted by molar-refractivity contribution is 0.0366. The Bertz CT molecular complexity index is 1220. The number of hydrogen-bond donors (Lipinski definition) is 1. The normalized spacial score (nSPS) is 17.6. The molecule has 2 aromatic heterocycles. The molecule has 10 heteroatoms. The van der Waals surface area contributed by atoms with Gasteiger partial charge in [-0.25, -0.2) is 13.2 Å². The van der Waals surface area contributed by atoms with Crippen LogP contribution in [-0.4, -0.2) is 42.4 Å². The summed E-state index contributed by atoms with van der Waals surface area (Å²) in [5.41, 5.74) is 5.61. The first kappa shape index (κ1) is 19.4. The Morgan fingerprint density at radius 2 is 2.07 bits per heavy atom. The molecule has 9 nitrogen and oxygen atoms in total. The highest BCUT2D eigenvalue weighted by Gasteiger charge is 2.32. The highest BCUT2D eigenvalue weighted by atomic mass is 32.2. The third-order valence-electron chi connectivity index (χ3n) is 4.88. The molecule has 1 aliphatic heterocycles. The van der Waals surface area contributed by atoms with E-state index >= 15 is 0 Å². The number of carbonyl (C=O) groups is 1. The highest BCUT2D eigenvalue weighted by Crippen LogP contribution is 2.26. The zero-order chi connectivity index (χ0) is 20.6. The van der Waals surface area contributed by atoms with Gasteiger partial charge in [-0.05, 0) is 30.7 Å². The van der Waals surface area contributed by atoms with Crippen molar-refractivity contribution in [3.05, 3.63) is 65.0 Å². The van der Waals surface area contributed by atoms with Crippen LogP contribution in [0.3, 0.4) is 0 Å². The van der Waals surface area contributed by atoms with Crippen LogP contribution in [0.15, 0.2) is 63.2 Å². The average molecular weight is 417 g/mol. The molecule has 3 aromatic rings. The van der Waals surface area contributed by atoms with Crippen molar-refractivity contribution >= 4 is 26.8 Å². The van der Waals surface area contributed by atoms with Gasteiger partial charge in [-0.15, -0.1) is 0 Å². The van der Waals surface area contributed by atoms with Gasteiger partial charge in [0.05, 0.1) is 16.7 Å². The fourth-order valence-corrected chi connectivity index (χ4v) is 5.04. The number of benzene rings is 1. The van der Waals surface area contributed by atoms with E-state index in [1.807, 2.05) is 0 Å². The Balaban J connectivity index is 1.66. The summed E-state index contributed by atoms with van der Waals surface area (Å²) in [6, 6.07) is 7.33. The van der Waals surface area contributed by atoms with E-state index in [0.29, 0.717) is 18.4 Å². The maximum atomic E-state index is 13.0. The summed E-state index contributed by atoms with van der Waals surface area (Å²) in [6.07, 6.45) is 4.59. The van der Waals surface area contributed by atoms with Crippen LogP contribution in [0.4, 0.5) is 0 Å². The molecule has 3 heterocycles. The van der Waals surface area contributed by atoms with E-state index in [2.05, 4.69) is 0 Å². The monoisotopic (exact) mass is 417 g/mol. The van der Waals surface area contributed by atoms with Crippen LogP contribution in [0, 0.1) is 0 Å². The van der Waals surface area contributed by atoms with Crippen LogP contribution in [0.5, 0.6) is 0 Å². The van der Waals surface area contributed by atoms with Gasteiger partial charge in [0.2, 0.25) is 10.0 Å². The lowest BCUT2D eigenvalue weighted by Gasteiger charge is -2.17. The van der Waals surface area contributed by atoms with Gasteiger partial charge in [-0.1, -0.05) is 6.07 Å². The van der Waals surface area contributed by atoms with E-state index in [4.69, 9.17) is 14.9 Å². The molecule has 0 spiro atoms. The number of fused-ring (bicyclic) bond motifs is 1. The Hall–Kier alpha value is -2.95. The summed E-state index contributed by atoms with van der Waals surface area (Å²) in [5.74, 6) is -0.632. The summed E-state index contributed by atoms with van der Waals surface area (Å²) >= 11 is 0. The zero-order valence-electron chi connectivity index (χ0n) is 15.4. The Kier molecular flexibility index (Phi) is 4.99. The van der Waals surface area contributed by atoms with E-state index in [0.717, 1.165) is 0 Å². The second-order valence-electron chi connectivity index (χ2n) is 6.79. The maximum absolute atomic E-state index is 13.0. The number of ether oxygens (including phenoxy) is 1. The molecule has 1 fully saturated rings. The quantitative estimate of drug-likeness (QED) is 0.617. The molecule has 1 aromatic carbocycles. The van der Waals surface area contributed by atoms with Gasteiger partial charge in [0.15, 0.2) is 6.73 Å². The molecule has 2 N–H and O–H groups in total. The molecule has 1 aliphatic rings. The number of carbonyl (C=O) groups excluding carboxylic acids is 1. The SMILES string of the molecule is N[C@@H]1CCN(S(=O)(=O)c2cccc3c(=O)n(COC(=O)c4ccoc4)ccc23)C1. The van der Waals surface area contributed by atoms with E-state index in [9.17, 15) is 18.0 Å². The van der Waals surface area contributed by atoms with Crippen molar-refractivity contribution in [3.63, 3.8) is 0 Å². The average Bonchev–Trinajstić information content (AvgIpc) is 3.39. The van der Waals surface area contributed by atoms with Gasteiger partial charge >= 0.3 is 5.97 Å². The largest absolute Gasteiger partial charge is 0.472 e. The molecule has 0 aliphatic carbocycles. The predicted molar refractivity (Wildman–Crippen MR) is 104 cm³/mol. The topological polar surface area (TPSA) is 125 Å². The Labute approximate surface area is 166 Å². The lowest BCUT2D eigenvalue weighted by Crippen LogP contribution is -2.32. The van der Waals surface area contributed by atoms with Crippen molar-refractivity contribution in [3.8, 4) is 0 Å². The first-order valence-electron chi connectivity index (χ1n) is 8.95. The molecule has 0 saturated carbocycles. The van der Waals surface area contributed by atoms with Crippen LogP contribution in [0.25, 0.3) is 10.8 Å². The van der Waals surface area contributed by atoms with Crippen LogP contribution in [-0.2, 0) is 21.5 Å². The standard InChI is InChI=1S/C19H19N3O6S/c20-14-4-8-22(10-14)29(25,26)17-3-1-2-16-15(17)5-7-21(18(16)23)12-28-19(24)13-6-9-27-11-13/h1-3,5-7,9,11,14H,4,8,10,12,20H2/t14-/m1/s1. The molecule has 0 radical (unpaired) electrons. The van der Waals surface area contributed by atoms with Gasteiger partial charge in [0, 0.05) is 36.1 Å². The number of nitrogens with zero attached hydrogens (tertiary/aromatic N) is 2. The molecule has 0 unspecified atom stereocenters. The van der Waals surface area contributed by atoms with Gasteiger partial charge in [-0.2, -0.15) is 4.31 Å². The van der Waals surface area contributed by atoms with Gasteiger partial charge in [0.1, 0.15) is 6.26 Å². The second-order valence-corrected chi connectivity index (χ2v) is 8.70. The van der Waals surface area contributed by atoms with E-state index in [-0.39, 0.29) is 35.2 Å². The van der Waals surface area contributed by atoms with E-state index < -0.39 is 21.6 Å². The number of aromatic nitrogens is 1. The molecule has 0 amide bonds. The molecule has 0 bridgehead atoms. The Morgan fingerprint density at radius 3 is 2.76 bits per heavy atom. The van der Waals surface area contributed by atoms with Crippen LogP contribution >= 0.6 is 0 Å². The Morgan fingerprint density at radius 1 is 1.24 bits per heavy atom. The van der Waals surface area contributed by atoms with Crippen LogP contribution < -0.4 is 11.3 Å². The van der Waals surface area contributed by atoms with Gasteiger partial charge in [-0.3, -0.25) is 9.36 Å². The number of hydrogen-bond acceptors (Lipinski definition) is 7. The molecule has 1 saturated heterocycles. The van der Waals surface area contributed by atoms with Crippen molar-refractivity contribution in [2.75, 3.05) is 13.1 Å². The van der Waals surface area contributed by atoms with E-state index in [1.165, 1.54) is 51.9 Å². The summed E-state index contributed by atoms with van der Waals surface area (Å²) in [7, 11) is -3.77. The minimum atomic E-state index is -3.77. The van der Waals surface area contributed by atoms with Crippen LogP contribution in [0.2, 0.25) is 0 Å². The number of pyridine rings is 1. The smallest absolute Gasteiger partial charge is 0.343 e. The third-order valence-corrected chi connectivity index (χ3v) is 6.80. The van der Waals surface area contributed by atoms with Crippen molar-refractivity contribution in [2.24, 2.45) is 5.73 Å². The van der Waals surface area contributed by atoms with Crippen LogP contribution in [0.1, 0.15) is 16.8 Å². The lowest BCUT2D eigenvalue weighted by atomic mass is 10.2. The molecular formula is C19H19N3O6S. The minimum Gasteiger partial charge on any atom is -0.472 e. The minimum absolute atomic E-state index is 0.0590. The predicted octanol–water partition coefficient (Wildman–Crippen LogP) is 1.13. The molecular weight excluding hydrogens is 398 g/mol. The highest BCUT2D eigenvalue weighted by molar-refractivity contribution is 7.89. The van der Waals surface area contributed by atoms with E-state index in [1.54, 1.807) is 6.07 Å². The van der Waals surface area contributed by atoms with Gasteiger partial charge in [0.25, 0.3) is 5.56 Å². The molecule has 29 heavy (non-hydrogen) atoms. The first-order valence-corrected chi connectivity index (χ1v) is 10.4. The number of nitrogens with two attached hydrogens (primary N) is 1. The maximum Gasteiger partial charge on any atom is 0.343 e. The third kappa shape index (κ3) is 3.57. The first-order chi connectivity index (χ1) is 13.9. The molecule has 152 valence electrons. The summed E-state index contributed by atoms with van der Waals surface area (Å²) in [5, 5.41) is 0.534. The molecule has 1 atom stereocenters. The summed E-state index contributed by atoms with van der Waals surface area (Å²) < 4.78 is 38.5. The molecule has 4 rings (SSSR count). The second kappa shape index (κ2) is 7.47. The van der Waals surface area contributed by atoms with Crippen molar-refractivity contribution in [1.29, 1.82) is 0 Å². The number of esters is 1. The van der Waals surface area contributed by atoms with Crippen molar-refractivity contribution < 1.29 is 22.4 Å². The summed E-state index contributed by atoms with van der Waals surface area (Å²) in [6.45, 7) is 0.289. The number of rotatable bonds is 5. The summed E-state index contributed by atoms with van der Waals surface area (Å²) in [4.78, 5) is 24.8. The fourth-order valence-electron chi connectivity index (χ4n) is 3.32. The zero-order valence-corrected chi connectivity index (χ0v) is 16.2. The number of sulfonamides is 1.